The van der Waals surface area contributed by atoms with Crippen molar-refractivity contribution in [3.05, 3.63) is 102 Å². The van der Waals surface area contributed by atoms with E-state index in [1.807, 2.05) is 60.7 Å². The zero-order valence-electron chi connectivity index (χ0n) is 16.2. The molecule has 0 fully saturated rings. The monoisotopic (exact) mass is 382 g/mol. The minimum absolute atomic E-state index is 0.171. The van der Waals surface area contributed by atoms with Gasteiger partial charge in [0.25, 0.3) is 5.91 Å². The van der Waals surface area contributed by atoms with Crippen LogP contribution in [0.1, 0.15) is 15.9 Å². The Kier molecular flexibility index (Phi) is 5.43. The number of anilines is 2. The summed E-state index contributed by atoms with van der Waals surface area (Å²) in [6.07, 6.45) is 0. The van der Waals surface area contributed by atoms with Gasteiger partial charge in [-0.15, -0.1) is 0 Å². The van der Waals surface area contributed by atoms with Gasteiger partial charge < -0.3 is 15.4 Å². The van der Waals surface area contributed by atoms with Crippen LogP contribution in [0.5, 0.6) is 5.75 Å². The van der Waals surface area contributed by atoms with Crippen molar-refractivity contribution in [2.24, 2.45) is 0 Å². The van der Waals surface area contributed by atoms with Crippen LogP contribution in [0.15, 0.2) is 91.0 Å². The van der Waals surface area contributed by atoms with E-state index >= 15 is 0 Å². The summed E-state index contributed by atoms with van der Waals surface area (Å²) >= 11 is 0. The van der Waals surface area contributed by atoms with Gasteiger partial charge in [-0.2, -0.15) is 0 Å². The largest absolute Gasteiger partial charge is 0.495 e. The summed E-state index contributed by atoms with van der Waals surface area (Å²) in [6, 6.07) is 29.6. The maximum atomic E-state index is 12.5. The lowest BCUT2D eigenvalue weighted by Gasteiger charge is -2.11. The first-order chi connectivity index (χ1) is 14.2. The minimum Gasteiger partial charge on any atom is -0.495 e. The van der Waals surface area contributed by atoms with Crippen LogP contribution >= 0.6 is 0 Å². The summed E-state index contributed by atoms with van der Waals surface area (Å²) in [5.74, 6) is 0.463. The Morgan fingerprint density at radius 1 is 0.828 bits per heavy atom. The molecule has 144 valence electrons. The Hall–Kier alpha value is -3.79. The number of carbonyl (C=O) groups is 1. The average Bonchev–Trinajstić information content (AvgIpc) is 2.78. The summed E-state index contributed by atoms with van der Waals surface area (Å²) in [6.45, 7) is 0.720. The first kappa shape index (κ1) is 18.6. The number of para-hydroxylation sites is 2. The van der Waals surface area contributed by atoms with Crippen molar-refractivity contribution < 1.29 is 9.53 Å². The van der Waals surface area contributed by atoms with Gasteiger partial charge in [-0.05, 0) is 58.8 Å². The first-order valence-corrected chi connectivity index (χ1v) is 9.49. The topological polar surface area (TPSA) is 50.4 Å². The third kappa shape index (κ3) is 4.38. The molecule has 0 saturated heterocycles. The molecule has 4 nitrogen and oxygen atoms in total. The van der Waals surface area contributed by atoms with Gasteiger partial charge in [0, 0.05) is 17.8 Å². The van der Waals surface area contributed by atoms with E-state index in [1.165, 1.54) is 16.3 Å². The number of methoxy groups -OCH3 is 1. The molecule has 0 bridgehead atoms. The van der Waals surface area contributed by atoms with Crippen LogP contribution in [0.2, 0.25) is 0 Å². The Labute approximate surface area is 170 Å². The number of carbonyl (C=O) groups excluding carboxylic acids is 1. The van der Waals surface area contributed by atoms with Crippen molar-refractivity contribution in [3.63, 3.8) is 0 Å². The first-order valence-electron chi connectivity index (χ1n) is 9.49. The van der Waals surface area contributed by atoms with Gasteiger partial charge in [0.15, 0.2) is 0 Å². The molecule has 4 aromatic carbocycles. The van der Waals surface area contributed by atoms with E-state index in [1.54, 1.807) is 7.11 Å². The average molecular weight is 382 g/mol. The highest BCUT2D eigenvalue weighted by atomic mass is 16.5. The van der Waals surface area contributed by atoms with Gasteiger partial charge >= 0.3 is 0 Å². The number of fused-ring (bicyclic) bond motifs is 1. The fourth-order valence-electron chi connectivity index (χ4n) is 3.23. The van der Waals surface area contributed by atoms with Crippen molar-refractivity contribution in [3.8, 4) is 5.75 Å². The van der Waals surface area contributed by atoms with E-state index in [2.05, 4.69) is 41.0 Å². The standard InChI is InChI=1S/C25H22N2O2/c1-29-24-9-5-4-8-23(24)27-25(28)20-12-14-22(15-13-20)26-17-18-10-11-19-6-2-3-7-21(19)16-18/h2-16,26H,17H2,1H3,(H,27,28). The lowest BCUT2D eigenvalue weighted by molar-refractivity contribution is 0.102. The highest BCUT2D eigenvalue weighted by molar-refractivity contribution is 6.05. The summed E-state index contributed by atoms with van der Waals surface area (Å²) in [4.78, 5) is 12.5. The second-order valence-corrected chi connectivity index (χ2v) is 6.77. The molecule has 0 radical (unpaired) electrons. The minimum atomic E-state index is -0.171. The third-order valence-electron chi connectivity index (χ3n) is 4.81. The molecular formula is C25H22N2O2. The Morgan fingerprint density at radius 3 is 2.34 bits per heavy atom. The molecule has 4 heteroatoms. The number of benzene rings is 4. The van der Waals surface area contributed by atoms with E-state index in [0.29, 0.717) is 17.0 Å². The number of rotatable bonds is 6. The maximum Gasteiger partial charge on any atom is 0.255 e. The Morgan fingerprint density at radius 2 is 1.55 bits per heavy atom. The van der Waals surface area contributed by atoms with Crippen molar-refractivity contribution in [1.29, 1.82) is 0 Å². The molecule has 0 aromatic heterocycles. The molecule has 0 saturated carbocycles. The number of ether oxygens (including phenoxy) is 1. The fraction of sp³-hybridized carbons (Fsp3) is 0.0800. The second-order valence-electron chi connectivity index (χ2n) is 6.77. The van der Waals surface area contributed by atoms with E-state index in [9.17, 15) is 4.79 Å². The van der Waals surface area contributed by atoms with Gasteiger partial charge in [0.2, 0.25) is 0 Å². The Bertz CT molecular complexity index is 1140. The number of hydrogen-bond donors (Lipinski definition) is 2. The van der Waals surface area contributed by atoms with Gasteiger partial charge in [0.05, 0.1) is 12.8 Å². The van der Waals surface area contributed by atoms with Crippen LogP contribution in [0.4, 0.5) is 11.4 Å². The van der Waals surface area contributed by atoms with E-state index in [4.69, 9.17) is 4.74 Å². The van der Waals surface area contributed by atoms with Crippen LogP contribution in [0, 0.1) is 0 Å². The van der Waals surface area contributed by atoms with Crippen molar-refractivity contribution in [2.75, 3.05) is 17.7 Å². The zero-order chi connectivity index (χ0) is 20.1. The number of nitrogens with one attached hydrogen (secondary N) is 2. The quantitative estimate of drug-likeness (QED) is 0.449. The van der Waals surface area contributed by atoms with Gasteiger partial charge in [-0.1, -0.05) is 48.5 Å². The third-order valence-corrected chi connectivity index (χ3v) is 4.81. The summed E-state index contributed by atoms with van der Waals surface area (Å²) < 4.78 is 5.28. The molecule has 29 heavy (non-hydrogen) atoms. The molecule has 0 spiro atoms. The molecule has 0 aliphatic heterocycles. The normalized spacial score (nSPS) is 10.5. The predicted molar refractivity (Wildman–Crippen MR) is 119 cm³/mol. The lowest BCUT2D eigenvalue weighted by Crippen LogP contribution is -2.12. The molecule has 4 rings (SSSR count). The summed E-state index contributed by atoms with van der Waals surface area (Å²) in [7, 11) is 1.58. The van der Waals surface area contributed by atoms with Crippen LogP contribution in [0.25, 0.3) is 10.8 Å². The Balaban J connectivity index is 1.40. The highest BCUT2D eigenvalue weighted by Gasteiger charge is 2.09. The maximum absolute atomic E-state index is 12.5. The molecule has 1 amide bonds. The molecule has 4 aromatic rings. The molecule has 0 unspecified atom stereocenters. The number of amides is 1. The smallest absolute Gasteiger partial charge is 0.255 e. The SMILES string of the molecule is COc1ccccc1NC(=O)c1ccc(NCc2ccc3ccccc3c2)cc1. The van der Waals surface area contributed by atoms with Gasteiger partial charge in [-0.25, -0.2) is 0 Å². The van der Waals surface area contributed by atoms with Crippen LogP contribution in [-0.2, 0) is 6.54 Å². The van der Waals surface area contributed by atoms with E-state index in [-0.39, 0.29) is 5.91 Å². The van der Waals surface area contributed by atoms with Crippen molar-refractivity contribution >= 4 is 28.1 Å². The van der Waals surface area contributed by atoms with Crippen LogP contribution in [-0.4, -0.2) is 13.0 Å². The van der Waals surface area contributed by atoms with E-state index < -0.39 is 0 Å². The second kappa shape index (κ2) is 8.48. The highest BCUT2D eigenvalue weighted by Crippen LogP contribution is 2.24. The van der Waals surface area contributed by atoms with Crippen molar-refractivity contribution in [1.82, 2.24) is 0 Å². The van der Waals surface area contributed by atoms with E-state index in [0.717, 1.165) is 12.2 Å². The molecule has 0 aliphatic rings. The predicted octanol–water partition coefficient (Wildman–Crippen LogP) is 5.71. The van der Waals surface area contributed by atoms with Gasteiger partial charge in [-0.3, -0.25) is 4.79 Å². The van der Waals surface area contributed by atoms with Gasteiger partial charge in [0.1, 0.15) is 5.75 Å². The summed E-state index contributed by atoms with van der Waals surface area (Å²) in [5, 5.41) is 8.77. The zero-order valence-corrected chi connectivity index (χ0v) is 16.2. The fourth-order valence-corrected chi connectivity index (χ4v) is 3.23. The molecule has 2 N–H and O–H groups in total. The molecule has 0 heterocycles. The van der Waals surface area contributed by atoms with Crippen LogP contribution in [0.3, 0.4) is 0 Å². The number of hydrogen-bond acceptors (Lipinski definition) is 3. The molecule has 0 aliphatic carbocycles. The molecule has 0 atom stereocenters. The van der Waals surface area contributed by atoms with Crippen molar-refractivity contribution in [2.45, 2.75) is 6.54 Å². The lowest BCUT2D eigenvalue weighted by atomic mass is 10.1. The molecular weight excluding hydrogens is 360 g/mol. The summed E-state index contributed by atoms with van der Waals surface area (Å²) in [5.41, 5.74) is 3.42. The van der Waals surface area contributed by atoms with Crippen LogP contribution < -0.4 is 15.4 Å².